The highest BCUT2D eigenvalue weighted by atomic mass is 19.4. The summed E-state index contributed by atoms with van der Waals surface area (Å²) in [6, 6.07) is -0.919. The highest BCUT2D eigenvalue weighted by Crippen LogP contribution is 2.34. The fourth-order valence-corrected chi connectivity index (χ4v) is 2.37. The van der Waals surface area contributed by atoms with Crippen molar-refractivity contribution in [2.24, 2.45) is 5.92 Å². The molecule has 1 fully saturated rings. The maximum atomic E-state index is 12.6. The van der Waals surface area contributed by atoms with Crippen LogP contribution in [0.4, 0.5) is 13.2 Å². The van der Waals surface area contributed by atoms with Crippen LogP contribution in [0, 0.1) is 5.92 Å². The van der Waals surface area contributed by atoms with Gasteiger partial charge >= 0.3 is 12.1 Å². The third kappa shape index (κ3) is 3.40. The van der Waals surface area contributed by atoms with Gasteiger partial charge in [-0.3, -0.25) is 9.48 Å². The molecule has 1 amide bonds. The highest BCUT2D eigenvalue weighted by molar-refractivity contribution is 5.93. The summed E-state index contributed by atoms with van der Waals surface area (Å²) < 4.78 is 38.9. The zero-order valence-electron chi connectivity index (χ0n) is 11.9. The third-order valence-electron chi connectivity index (χ3n) is 3.85. The van der Waals surface area contributed by atoms with E-state index in [9.17, 15) is 22.8 Å². The van der Waals surface area contributed by atoms with Crippen molar-refractivity contribution in [1.29, 1.82) is 0 Å². The van der Waals surface area contributed by atoms with Crippen molar-refractivity contribution >= 4 is 11.9 Å². The van der Waals surface area contributed by atoms with Crippen LogP contribution in [0.15, 0.2) is 12.4 Å². The van der Waals surface area contributed by atoms with Gasteiger partial charge in [0.15, 0.2) is 0 Å². The maximum Gasteiger partial charge on any atom is 0.391 e. The van der Waals surface area contributed by atoms with Gasteiger partial charge in [-0.25, -0.2) is 4.79 Å². The van der Waals surface area contributed by atoms with E-state index in [1.807, 2.05) is 0 Å². The molecule has 2 rings (SSSR count). The molecule has 1 saturated heterocycles. The molecule has 0 radical (unpaired) electrons. The van der Waals surface area contributed by atoms with Gasteiger partial charge in [-0.15, -0.1) is 0 Å². The Hall–Kier alpha value is -2.06. The SMILES string of the molecule is CC(C(=O)O)n1cc(C(=O)N2CCC(C(F)(F)F)CC2)cn1. The van der Waals surface area contributed by atoms with E-state index in [1.165, 1.54) is 24.2 Å². The normalized spacial score (nSPS) is 18.3. The maximum absolute atomic E-state index is 12.6. The molecule has 22 heavy (non-hydrogen) atoms. The summed E-state index contributed by atoms with van der Waals surface area (Å²) in [5.41, 5.74) is 0.179. The Labute approximate surface area is 124 Å². The zero-order valence-corrected chi connectivity index (χ0v) is 11.9. The first-order valence-electron chi connectivity index (χ1n) is 6.83. The quantitative estimate of drug-likeness (QED) is 0.924. The number of rotatable bonds is 3. The Balaban J connectivity index is 2.00. The van der Waals surface area contributed by atoms with Gasteiger partial charge in [0.05, 0.1) is 17.7 Å². The summed E-state index contributed by atoms with van der Waals surface area (Å²) in [6.07, 6.45) is -1.92. The van der Waals surface area contributed by atoms with Crippen molar-refractivity contribution in [3.63, 3.8) is 0 Å². The average molecular weight is 319 g/mol. The fraction of sp³-hybridized carbons (Fsp3) is 0.615. The number of carbonyl (C=O) groups excluding carboxylic acids is 1. The fourth-order valence-electron chi connectivity index (χ4n) is 2.37. The van der Waals surface area contributed by atoms with Crippen LogP contribution in [0.3, 0.4) is 0 Å². The van der Waals surface area contributed by atoms with Gasteiger partial charge in [-0.1, -0.05) is 0 Å². The number of alkyl halides is 3. The van der Waals surface area contributed by atoms with Crippen LogP contribution in [0.25, 0.3) is 0 Å². The number of carboxylic acid groups (broad SMARTS) is 1. The van der Waals surface area contributed by atoms with E-state index < -0.39 is 30.0 Å². The van der Waals surface area contributed by atoms with Gasteiger partial charge in [-0.2, -0.15) is 18.3 Å². The minimum absolute atomic E-state index is 0.0304. The number of aromatic nitrogens is 2. The smallest absolute Gasteiger partial charge is 0.391 e. The predicted octanol–water partition coefficient (Wildman–Crippen LogP) is 1.94. The summed E-state index contributed by atoms with van der Waals surface area (Å²) in [6.45, 7) is 1.48. The lowest BCUT2D eigenvalue weighted by Crippen LogP contribution is -2.42. The molecule has 1 aromatic heterocycles. The number of piperidine rings is 1. The van der Waals surface area contributed by atoms with Crippen LogP contribution in [0.1, 0.15) is 36.2 Å². The first-order chi connectivity index (χ1) is 10.2. The zero-order chi connectivity index (χ0) is 16.5. The molecule has 1 aliphatic rings. The van der Waals surface area contributed by atoms with Crippen molar-refractivity contribution < 1.29 is 27.9 Å². The lowest BCUT2D eigenvalue weighted by atomic mass is 9.96. The van der Waals surface area contributed by atoms with E-state index in [2.05, 4.69) is 5.10 Å². The second kappa shape index (κ2) is 5.98. The highest BCUT2D eigenvalue weighted by Gasteiger charge is 2.41. The molecule has 1 aliphatic heterocycles. The van der Waals surface area contributed by atoms with Crippen LogP contribution in [-0.4, -0.2) is 50.9 Å². The molecule has 0 aliphatic carbocycles. The number of amides is 1. The number of hydrogen-bond donors (Lipinski definition) is 1. The topological polar surface area (TPSA) is 75.4 Å². The summed E-state index contributed by atoms with van der Waals surface area (Å²) in [7, 11) is 0. The molecule has 1 atom stereocenters. The van der Waals surface area contributed by atoms with Crippen LogP contribution < -0.4 is 0 Å². The van der Waals surface area contributed by atoms with Crippen molar-refractivity contribution in [2.75, 3.05) is 13.1 Å². The Morgan fingerprint density at radius 2 is 1.95 bits per heavy atom. The first kappa shape index (κ1) is 16.3. The standard InChI is InChI=1S/C13H16F3N3O3/c1-8(12(21)22)19-7-9(6-17-19)11(20)18-4-2-10(3-5-18)13(14,15)16/h6-8,10H,2-5H2,1H3,(H,21,22). The third-order valence-corrected chi connectivity index (χ3v) is 3.85. The van der Waals surface area contributed by atoms with Gasteiger partial charge in [-0.05, 0) is 19.8 Å². The molecular formula is C13H16F3N3O3. The number of carbonyl (C=O) groups is 2. The number of aliphatic carboxylic acids is 1. The van der Waals surface area contributed by atoms with Crippen molar-refractivity contribution in [1.82, 2.24) is 14.7 Å². The Morgan fingerprint density at radius 1 is 1.36 bits per heavy atom. The van der Waals surface area contributed by atoms with E-state index in [0.717, 1.165) is 4.68 Å². The van der Waals surface area contributed by atoms with Gasteiger partial charge in [0, 0.05) is 19.3 Å². The molecule has 0 aromatic carbocycles. The van der Waals surface area contributed by atoms with E-state index in [0.29, 0.717) is 0 Å². The molecule has 1 unspecified atom stereocenters. The van der Waals surface area contributed by atoms with Crippen LogP contribution >= 0.6 is 0 Å². The number of nitrogens with zero attached hydrogens (tertiary/aromatic N) is 3. The molecule has 0 saturated carbocycles. The largest absolute Gasteiger partial charge is 0.480 e. The number of hydrogen-bond acceptors (Lipinski definition) is 3. The lowest BCUT2D eigenvalue weighted by Gasteiger charge is -2.32. The minimum atomic E-state index is -4.23. The molecular weight excluding hydrogens is 303 g/mol. The Morgan fingerprint density at radius 3 is 2.45 bits per heavy atom. The van der Waals surface area contributed by atoms with Gasteiger partial charge in [0.1, 0.15) is 6.04 Å². The number of halogens is 3. The average Bonchev–Trinajstić information content (AvgIpc) is 2.94. The molecule has 6 nitrogen and oxygen atoms in total. The molecule has 0 bridgehead atoms. The van der Waals surface area contributed by atoms with Gasteiger partial charge in [0.2, 0.25) is 0 Å². The Bertz CT molecular complexity index is 562. The molecule has 0 spiro atoms. The summed E-state index contributed by atoms with van der Waals surface area (Å²) >= 11 is 0. The second-order valence-electron chi connectivity index (χ2n) is 5.33. The van der Waals surface area contributed by atoms with Crippen LogP contribution in [0.5, 0.6) is 0 Å². The van der Waals surface area contributed by atoms with E-state index in [1.54, 1.807) is 0 Å². The van der Waals surface area contributed by atoms with Crippen LogP contribution in [0.2, 0.25) is 0 Å². The first-order valence-corrected chi connectivity index (χ1v) is 6.83. The molecule has 9 heteroatoms. The lowest BCUT2D eigenvalue weighted by molar-refractivity contribution is -0.183. The van der Waals surface area contributed by atoms with Gasteiger partial charge in [0.25, 0.3) is 5.91 Å². The molecule has 1 aromatic rings. The van der Waals surface area contributed by atoms with Crippen molar-refractivity contribution in [3.05, 3.63) is 18.0 Å². The van der Waals surface area contributed by atoms with Crippen LogP contribution in [-0.2, 0) is 4.79 Å². The van der Waals surface area contributed by atoms with Crippen molar-refractivity contribution in [2.45, 2.75) is 32.0 Å². The van der Waals surface area contributed by atoms with Gasteiger partial charge < -0.3 is 10.0 Å². The summed E-state index contributed by atoms with van der Waals surface area (Å²) in [4.78, 5) is 24.4. The predicted molar refractivity (Wildman–Crippen MR) is 69.3 cm³/mol. The number of likely N-dealkylation sites (tertiary alicyclic amines) is 1. The number of carboxylic acids is 1. The minimum Gasteiger partial charge on any atom is -0.480 e. The molecule has 122 valence electrons. The summed E-state index contributed by atoms with van der Waals surface area (Å²) in [5.74, 6) is -2.89. The molecule has 2 heterocycles. The Kier molecular flexibility index (Phi) is 4.43. The molecule has 1 N–H and O–H groups in total. The van der Waals surface area contributed by atoms with E-state index in [-0.39, 0.29) is 31.5 Å². The van der Waals surface area contributed by atoms with E-state index in [4.69, 9.17) is 5.11 Å². The van der Waals surface area contributed by atoms with E-state index >= 15 is 0 Å². The monoisotopic (exact) mass is 319 g/mol. The second-order valence-corrected chi connectivity index (χ2v) is 5.33. The summed E-state index contributed by atoms with van der Waals surface area (Å²) in [5, 5.41) is 12.7. The van der Waals surface area contributed by atoms with Crippen molar-refractivity contribution in [3.8, 4) is 0 Å².